The van der Waals surface area contributed by atoms with Gasteiger partial charge in [0.05, 0.1) is 15.6 Å². The van der Waals surface area contributed by atoms with Gasteiger partial charge in [-0.2, -0.15) is 20.1 Å². The van der Waals surface area contributed by atoms with Crippen LogP contribution in [0.2, 0.25) is 0 Å². The molecule has 0 fully saturated rings. The van der Waals surface area contributed by atoms with E-state index in [1.54, 1.807) is 19.0 Å². The fourth-order valence-electron chi connectivity index (χ4n) is 2.30. The predicted molar refractivity (Wildman–Crippen MR) is 118 cm³/mol. The number of halogens is 2. The van der Waals surface area contributed by atoms with Gasteiger partial charge < -0.3 is 15.3 Å². The summed E-state index contributed by atoms with van der Waals surface area (Å²) in [6.45, 7) is 0. The normalized spacial score (nSPS) is 10.8. The third-order valence-electron chi connectivity index (χ3n) is 3.78. The highest BCUT2D eigenvalue weighted by Gasteiger charge is 2.14. The molecular formula is C18H16BrFN8O3. The smallest absolute Gasteiger partial charge is 0.271 e. The zero-order chi connectivity index (χ0) is 22.5. The first-order valence-corrected chi connectivity index (χ1v) is 9.44. The average Bonchev–Trinajstić information content (AvgIpc) is 2.72. The SMILES string of the molecule is CN(C)c1nc(N/N=C\c2cc([N+](=O)[O-])cc(Br)c2O)nc(Nc2ccc(F)cc2)n1. The third-order valence-corrected chi connectivity index (χ3v) is 4.39. The zero-order valence-corrected chi connectivity index (χ0v) is 17.8. The second-order valence-electron chi connectivity index (χ2n) is 6.30. The van der Waals surface area contributed by atoms with Crippen molar-refractivity contribution in [2.45, 2.75) is 0 Å². The molecule has 160 valence electrons. The molecule has 0 unspecified atom stereocenters. The summed E-state index contributed by atoms with van der Waals surface area (Å²) in [6, 6.07) is 8.01. The Balaban J connectivity index is 1.85. The van der Waals surface area contributed by atoms with Gasteiger partial charge in [0.2, 0.25) is 17.8 Å². The molecule has 0 saturated heterocycles. The van der Waals surface area contributed by atoms with Gasteiger partial charge >= 0.3 is 0 Å². The molecule has 1 heterocycles. The number of benzene rings is 2. The Morgan fingerprint density at radius 2 is 1.87 bits per heavy atom. The van der Waals surface area contributed by atoms with Crippen LogP contribution in [0.3, 0.4) is 0 Å². The maximum atomic E-state index is 13.1. The van der Waals surface area contributed by atoms with Gasteiger partial charge in [-0.1, -0.05) is 0 Å². The van der Waals surface area contributed by atoms with E-state index in [1.807, 2.05) is 0 Å². The first kappa shape index (κ1) is 21.8. The lowest BCUT2D eigenvalue weighted by molar-refractivity contribution is -0.385. The molecule has 3 aromatic rings. The molecule has 2 aromatic carbocycles. The molecule has 13 heteroatoms. The number of hydrazone groups is 1. The van der Waals surface area contributed by atoms with Crippen molar-refractivity contribution >= 4 is 51.4 Å². The number of phenolic OH excluding ortho intramolecular Hbond substituents is 1. The van der Waals surface area contributed by atoms with Gasteiger partial charge in [0.1, 0.15) is 11.6 Å². The Morgan fingerprint density at radius 1 is 1.19 bits per heavy atom. The van der Waals surface area contributed by atoms with Crippen LogP contribution >= 0.6 is 15.9 Å². The lowest BCUT2D eigenvalue weighted by Gasteiger charge is -2.13. The highest BCUT2D eigenvalue weighted by atomic mass is 79.9. The molecular weight excluding hydrogens is 475 g/mol. The highest BCUT2D eigenvalue weighted by molar-refractivity contribution is 9.10. The minimum atomic E-state index is -0.586. The van der Waals surface area contributed by atoms with Gasteiger partial charge in [0.25, 0.3) is 5.69 Å². The van der Waals surface area contributed by atoms with E-state index in [4.69, 9.17) is 0 Å². The fraction of sp³-hybridized carbons (Fsp3) is 0.111. The second kappa shape index (κ2) is 9.30. The Morgan fingerprint density at radius 3 is 2.52 bits per heavy atom. The first-order chi connectivity index (χ1) is 14.7. The summed E-state index contributed by atoms with van der Waals surface area (Å²) in [7, 11) is 3.48. The monoisotopic (exact) mass is 490 g/mol. The number of aromatic hydroxyl groups is 1. The molecule has 3 N–H and O–H groups in total. The number of non-ortho nitro benzene ring substituents is 1. The summed E-state index contributed by atoms with van der Waals surface area (Å²) >= 11 is 3.07. The largest absolute Gasteiger partial charge is 0.506 e. The summed E-state index contributed by atoms with van der Waals surface area (Å²) < 4.78 is 13.3. The Hall–Kier alpha value is -3.87. The summed E-state index contributed by atoms with van der Waals surface area (Å²) in [5.41, 5.74) is 3.07. The number of nitro groups is 1. The maximum absolute atomic E-state index is 13.1. The third kappa shape index (κ3) is 5.60. The Bertz CT molecular complexity index is 1140. The lowest BCUT2D eigenvalue weighted by atomic mass is 10.2. The van der Waals surface area contributed by atoms with Crippen molar-refractivity contribution in [3.8, 4) is 5.75 Å². The van der Waals surface area contributed by atoms with Crippen molar-refractivity contribution in [2.24, 2.45) is 5.10 Å². The van der Waals surface area contributed by atoms with Gasteiger partial charge in [0.15, 0.2) is 0 Å². The molecule has 0 aliphatic rings. The molecule has 0 atom stereocenters. The minimum absolute atomic E-state index is 0.0727. The van der Waals surface area contributed by atoms with Crippen molar-refractivity contribution in [1.82, 2.24) is 15.0 Å². The van der Waals surface area contributed by atoms with E-state index < -0.39 is 4.92 Å². The van der Waals surface area contributed by atoms with Crippen molar-refractivity contribution < 1.29 is 14.4 Å². The van der Waals surface area contributed by atoms with Crippen LogP contribution in [0.4, 0.5) is 33.6 Å². The minimum Gasteiger partial charge on any atom is -0.506 e. The number of nitrogens with one attached hydrogen (secondary N) is 2. The van der Waals surface area contributed by atoms with Crippen LogP contribution in [-0.2, 0) is 0 Å². The second-order valence-corrected chi connectivity index (χ2v) is 7.16. The molecule has 0 aliphatic heterocycles. The van der Waals surface area contributed by atoms with Crippen LogP contribution in [0.15, 0.2) is 46.0 Å². The van der Waals surface area contributed by atoms with Gasteiger partial charge in [-0.05, 0) is 40.2 Å². The molecule has 0 bridgehead atoms. The van der Waals surface area contributed by atoms with E-state index in [0.29, 0.717) is 11.6 Å². The van der Waals surface area contributed by atoms with Crippen molar-refractivity contribution in [3.05, 3.63) is 62.4 Å². The van der Waals surface area contributed by atoms with E-state index in [2.05, 4.69) is 46.7 Å². The average molecular weight is 491 g/mol. The van der Waals surface area contributed by atoms with E-state index in [9.17, 15) is 19.6 Å². The summed E-state index contributed by atoms with van der Waals surface area (Å²) in [5.74, 6) is -0.00639. The van der Waals surface area contributed by atoms with Crippen LogP contribution in [0.1, 0.15) is 5.56 Å². The van der Waals surface area contributed by atoms with Crippen LogP contribution < -0.4 is 15.6 Å². The van der Waals surface area contributed by atoms with E-state index in [0.717, 1.165) is 0 Å². The molecule has 0 spiro atoms. The van der Waals surface area contributed by atoms with Crippen molar-refractivity contribution in [3.63, 3.8) is 0 Å². The van der Waals surface area contributed by atoms with E-state index >= 15 is 0 Å². The summed E-state index contributed by atoms with van der Waals surface area (Å²) in [6.07, 6.45) is 1.19. The number of anilines is 4. The van der Waals surface area contributed by atoms with Crippen LogP contribution in [0, 0.1) is 15.9 Å². The fourth-order valence-corrected chi connectivity index (χ4v) is 2.77. The van der Waals surface area contributed by atoms with Gasteiger partial charge in [-0.15, -0.1) is 0 Å². The number of phenols is 1. The van der Waals surface area contributed by atoms with Crippen LogP contribution in [0.25, 0.3) is 0 Å². The molecule has 0 saturated carbocycles. The van der Waals surface area contributed by atoms with Crippen LogP contribution in [-0.4, -0.2) is 45.3 Å². The standard InChI is InChI=1S/C18H16BrFN8O3/c1-27(2)18-24-16(22-12-5-3-11(20)4-6-12)23-17(25-18)26-21-9-10-7-13(28(30)31)8-14(19)15(10)29/h3-9,29H,1-2H3,(H2,22,23,24,25,26)/b21-9-. The van der Waals surface area contributed by atoms with Gasteiger partial charge in [-0.25, -0.2) is 9.82 Å². The van der Waals surface area contributed by atoms with Crippen LogP contribution in [0.5, 0.6) is 5.75 Å². The molecule has 1 aromatic heterocycles. The highest BCUT2D eigenvalue weighted by Crippen LogP contribution is 2.31. The molecule has 11 nitrogen and oxygen atoms in total. The zero-order valence-electron chi connectivity index (χ0n) is 16.2. The quantitative estimate of drug-likeness (QED) is 0.257. The molecule has 31 heavy (non-hydrogen) atoms. The topological polar surface area (TPSA) is 142 Å². The molecule has 0 aliphatic carbocycles. The number of rotatable bonds is 7. The Kier molecular flexibility index (Phi) is 6.55. The summed E-state index contributed by atoms with van der Waals surface area (Å²) in [5, 5.41) is 28.0. The molecule has 0 amide bonds. The molecule has 0 radical (unpaired) electrons. The number of hydrogen-bond donors (Lipinski definition) is 3. The number of nitro benzene ring substituents is 1. The lowest BCUT2D eigenvalue weighted by Crippen LogP contribution is -2.15. The Labute approximate surface area is 184 Å². The van der Waals surface area contributed by atoms with E-state index in [1.165, 1.54) is 42.6 Å². The van der Waals surface area contributed by atoms with Gasteiger partial charge in [0, 0.05) is 37.5 Å². The maximum Gasteiger partial charge on any atom is 0.271 e. The number of hydrogen-bond acceptors (Lipinski definition) is 10. The summed E-state index contributed by atoms with van der Waals surface area (Å²) in [4.78, 5) is 24.7. The van der Waals surface area contributed by atoms with Gasteiger partial charge in [-0.3, -0.25) is 10.1 Å². The molecule has 3 rings (SSSR count). The van der Waals surface area contributed by atoms with Crippen molar-refractivity contribution in [2.75, 3.05) is 29.7 Å². The van der Waals surface area contributed by atoms with Crippen molar-refractivity contribution in [1.29, 1.82) is 0 Å². The van der Waals surface area contributed by atoms with E-state index in [-0.39, 0.29) is 39.2 Å². The predicted octanol–water partition coefficient (Wildman–Crippen LogP) is 3.64. The number of aromatic nitrogens is 3. The first-order valence-electron chi connectivity index (χ1n) is 8.65. The number of nitrogens with zero attached hydrogens (tertiary/aromatic N) is 6.